The summed E-state index contributed by atoms with van der Waals surface area (Å²) < 4.78 is 0. The van der Waals surface area contributed by atoms with Crippen LogP contribution in [-0.4, -0.2) is 24.2 Å². The Balaban J connectivity index is 2.69. The molecule has 3 nitrogen and oxygen atoms in total. The van der Waals surface area contributed by atoms with Crippen LogP contribution in [0.2, 0.25) is 0 Å². The molecule has 4 heteroatoms. The van der Waals surface area contributed by atoms with Crippen molar-refractivity contribution in [3.8, 4) is 0 Å². The largest absolute Gasteiger partial charge is 0.353 e. The first-order valence-corrected chi connectivity index (χ1v) is 7.56. The van der Waals surface area contributed by atoms with Crippen molar-refractivity contribution in [1.29, 1.82) is 0 Å². The Morgan fingerprint density at radius 2 is 1.89 bits per heavy atom. The number of hydrogen-bond acceptors (Lipinski definition) is 3. The highest BCUT2D eigenvalue weighted by Gasteiger charge is 2.15. The van der Waals surface area contributed by atoms with Crippen molar-refractivity contribution in [2.24, 2.45) is 0 Å². The third kappa shape index (κ3) is 5.25. The number of amides is 1. The second-order valence-corrected chi connectivity index (χ2v) is 6.42. The van der Waals surface area contributed by atoms with Gasteiger partial charge in [0.05, 0.1) is 5.25 Å². The molecule has 0 spiro atoms. The number of carbonyl (C=O) groups excluding carboxylic acids is 1. The van der Waals surface area contributed by atoms with Crippen molar-refractivity contribution in [1.82, 2.24) is 10.6 Å². The molecule has 0 radical (unpaired) electrons. The minimum atomic E-state index is -0.0810. The van der Waals surface area contributed by atoms with E-state index in [0.29, 0.717) is 6.04 Å². The molecular weight excluding hydrogens is 256 g/mol. The van der Waals surface area contributed by atoms with E-state index in [1.165, 1.54) is 5.56 Å². The van der Waals surface area contributed by atoms with Gasteiger partial charge in [0.2, 0.25) is 5.91 Å². The lowest BCUT2D eigenvalue weighted by atomic mass is 10.1. The second-order valence-electron chi connectivity index (χ2n) is 5.01. The lowest BCUT2D eigenvalue weighted by Gasteiger charge is -2.16. The van der Waals surface area contributed by atoms with Crippen LogP contribution in [0.5, 0.6) is 0 Å². The highest BCUT2D eigenvalue weighted by molar-refractivity contribution is 8.00. The first-order valence-electron chi connectivity index (χ1n) is 6.68. The number of hydrogen-bond donors (Lipinski definition) is 2. The zero-order valence-electron chi connectivity index (χ0n) is 12.4. The predicted molar refractivity (Wildman–Crippen MR) is 82.5 cm³/mol. The van der Waals surface area contributed by atoms with Crippen LogP contribution in [-0.2, 0) is 4.79 Å². The molecule has 1 aromatic rings. The average molecular weight is 280 g/mol. The van der Waals surface area contributed by atoms with Gasteiger partial charge in [-0.05, 0) is 52.4 Å². The van der Waals surface area contributed by atoms with Gasteiger partial charge in [-0.3, -0.25) is 4.79 Å². The molecule has 2 unspecified atom stereocenters. The molecule has 1 amide bonds. The molecule has 0 bridgehead atoms. The molecule has 0 aliphatic heterocycles. The van der Waals surface area contributed by atoms with Crippen LogP contribution in [0.25, 0.3) is 0 Å². The molecule has 0 aromatic heterocycles. The molecule has 1 rings (SSSR count). The van der Waals surface area contributed by atoms with Crippen molar-refractivity contribution < 1.29 is 4.79 Å². The van der Waals surface area contributed by atoms with E-state index in [9.17, 15) is 4.79 Å². The van der Waals surface area contributed by atoms with Gasteiger partial charge in [-0.25, -0.2) is 0 Å². The Hall–Kier alpha value is -1.00. The highest BCUT2D eigenvalue weighted by Crippen LogP contribution is 2.26. The first-order chi connectivity index (χ1) is 8.93. The van der Waals surface area contributed by atoms with E-state index in [0.717, 1.165) is 4.90 Å². The van der Waals surface area contributed by atoms with E-state index in [1.54, 1.807) is 11.8 Å². The van der Waals surface area contributed by atoms with Crippen LogP contribution >= 0.6 is 11.8 Å². The maximum atomic E-state index is 11.9. The second kappa shape index (κ2) is 7.56. The Kier molecular flexibility index (Phi) is 6.38. The fraction of sp³-hybridized carbons (Fsp3) is 0.533. The van der Waals surface area contributed by atoms with E-state index in [-0.39, 0.29) is 17.2 Å². The average Bonchev–Trinajstić information content (AvgIpc) is 2.37. The monoisotopic (exact) mass is 280 g/mol. The Labute approximate surface area is 120 Å². The summed E-state index contributed by atoms with van der Waals surface area (Å²) in [5, 5.41) is 6.08. The van der Waals surface area contributed by atoms with Gasteiger partial charge in [0.1, 0.15) is 0 Å². The van der Waals surface area contributed by atoms with E-state index in [1.807, 2.05) is 33.9 Å². The summed E-state index contributed by atoms with van der Waals surface area (Å²) in [4.78, 5) is 13.0. The molecule has 0 aliphatic carbocycles. The van der Waals surface area contributed by atoms with E-state index < -0.39 is 0 Å². The zero-order valence-corrected chi connectivity index (χ0v) is 13.2. The van der Waals surface area contributed by atoms with Gasteiger partial charge in [-0.1, -0.05) is 12.1 Å². The van der Waals surface area contributed by atoms with Crippen molar-refractivity contribution in [3.63, 3.8) is 0 Å². The number of carbonyl (C=O) groups is 1. The summed E-state index contributed by atoms with van der Waals surface area (Å²) in [5.41, 5.74) is 1.24. The van der Waals surface area contributed by atoms with Gasteiger partial charge in [0, 0.05) is 17.0 Å². The normalized spacial score (nSPS) is 14.2. The van der Waals surface area contributed by atoms with Gasteiger partial charge in [-0.15, -0.1) is 11.8 Å². The van der Waals surface area contributed by atoms with Crippen molar-refractivity contribution in [2.45, 2.75) is 49.9 Å². The summed E-state index contributed by atoms with van der Waals surface area (Å²) in [7, 11) is 1.95. The molecule has 0 fully saturated rings. The van der Waals surface area contributed by atoms with Crippen LogP contribution in [0.1, 0.15) is 39.3 Å². The smallest absolute Gasteiger partial charge is 0.233 e. The Morgan fingerprint density at radius 3 is 2.47 bits per heavy atom. The van der Waals surface area contributed by atoms with Crippen molar-refractivity contribution in [2.75, 3.05) is 7.05 Å². The standard InChI is InChI=1S/C15H24N2OS/c1-10(2)17-15(18)12(4)19-14-8-6-7-13(9-14)11(3)16-5/h6-12,16H,1-5H3,(H,17,18). The highest BCUT2D eigenvalue weighted by atomic mass is 32.2. The van der Waals surface area contributed by atoms with E-state index >= 15 is 0 Å². The zero-order chi connectivity index (χ0) is 14.4. The molecule has 0 saturated heterocycles. The summed E-state index contributed by atoms with van der Waals surface area (Å²) >= 11 is 1.60. The molecule has 0 heterocycles. The molecule has 106 valence electrons. The lowest BCUT2D eigenvalue weighted by Crippen LogP contribution is -2.35. The van der Waals surface area contributed by atoms with Gasteiger partial charge < -0.3 is 10.6 Å². The first kappa shape index (κ1) is 16.1. The minimum absolute atomic E-state index is 0.0810. The number of benzene rings is 1. The maximum Gasteiger partial charge on any atom is 0.233 e. The summed E-state index contributed by atoms with van der Waals surface area (Å²) in [6, 6.07) is 8.84. The molecule has 19 heavy (non-hydrogen) atoms. The third-order valence-electron chi connectivity index (χ3n) is 2.90. The van der Waals surface area contributed by atoms with Gasteiger partial charge in [0.15, 0.2) is 0 Å². The van der Waals surface area contributed by atoms with Crippen molar-refractivity contribution >= 4 is 17.7 Å². The van der Waals surface area contributed by atoms with E-state index in [2.05, 4.69) is 35.8 Å². The summed E-state index contributed by atoms with van der Waals surface area (Å²) in [6.07, 6.45) is 0. The summed E-state index contributed by atoms with van der Waals surface area (Å²) in [6.45, 7) is 8.02. The topological polar surface area (TPSA) is 41.1 Å². The maximum absolute atomic E-state index is 11.9. The van der Waals surface area contributed by atoms with Crippen LogP contribution in [0.3, 0.4) is 0 Å². The molecular formula is C15H24N2OS. The third-order valence-corrected chi connectivity index (χ3v) is 4.00. The predicted octanol–water partition coefficient (Wildman–Crippen LogP) is 2.97. The minimum Gasteiger partial charge on any atom is -0.353 e. The molecule has 1 aromatic carbocycles. The Morgan fingerprint density at radius 1 is 1.21 bits per heavy atom. The Bertz CT molecular complexity index is 420. The fourth-order valence-corrected chi connectivity index (χ4v) is 2.63. The quantitative estimate of drug-likeness (QED) is 0.787. The van der Waals surface area contributed by atoms with Gasteiger partial charge in [-0.2, -0.15) is 0 Å². The molecule has 2 atom stereocenters. The van der Waals surface area contributed by atoms with E-state index in [4.69, 9.17) is 0 Å². The van der Waals surface area contributed by atoms with Crippen LogP contribution in [0, 0.1) is 0 Å². The number of nitrogens with one attached hydrogen (secondary N) is 2. The molecule has 0 aliphatic rings. The fourth-order valence-electron chi connectivity index (χ4n) is 1.68. The SMILES string of the molecule is CNC(C)c1cccc(SC(C)C(=O)NC(C)C)c1. The van der Waals surface area contributed by atoms with Crippen molar-refractivity contribution in [3.05, 3.63) is 29.8 Å². The molecule has 0 saturated carbocycles. The van der Waals surface area contributed by atoms with Crippen LogP contribution < -0.4 is 10.6 Å². The van der Waals surface area contributed by atoms with Gasteiger partial charge in [0.25, 0.3) is 0 Å². The summed E-state index contributed by atoms with van der Waals surface area (Å²) in [5.74, 6) is 0.0899. The number of rotatable bonds is 6. The van der Waals surface area contributed by atoms with Gasteiger partial charge >= 0.3 is 0 Å². The number of thioether (sulfide) groups is 1. The van der Waals surface area contributed by atoms with Crippen LogP contribution in [0.15, 0.2) is 29.2 Å². The lowest BCUT2D eigenvalue weighted by molar-refractivity contribution is -0.120. The van der Waals surface area contributed by atoms with Crippen LogP contribution in [0.4, 0.5) is 0 Å². The molecule has 2 N–H and O–H groups in total.